The number of oxime groups is 1. The number of nitrogens with one attached hydrogen (secondary N) is 1. The van der Waals surface area contributed by atoms with Crippen molar-refractivity contribution >= 4 is 12.1 Å². The Morgan fingerprint density at radius 1 is 1.39 bits per heavy atom. The van der Waals surface area contributed by atoms with Gasteiger partial charge in [0, 0.05) is 20.1 Å². The molecule has 0 aromatic rings. The van der Waals surface area contributed by atoms with Crippen LogP contribution in [-0.4, -0.2) is 38.5 Å². The highest BCUT2D eigenvalue weighted by Gasteiger charge is 1.97. The van der Waals surface area contributed by atoms with Gasteiger partial charge in [0.15, 0.2) is 0 Å². The molecule has 1 amide bonds. The van der Waals surface area contributed by atoms with Crippen LogP contribution in [0.2, 0.25) is 0 Å². The van der Waals surface area contributed by atoms with Crippen molar-refractivity contribution in [3.8, 4) is 0 Å². The van der Waals surface area contributed by atoms with Crippen molar-refractivity contribution in [2.24, 2.45) is 11.1 Å². The number of nitrogens with zero attached hydrogens (tertiary/aromatic N) is 1. The maximum absolute atomic E-state index is 10.5. The van der Waals surface area contributed by atoms with Crippen LogP contribution in [0.1, 0.15) is 40.0 Å². The molecule has 0 saturated heterocycles. The number of hydrogen-bond donors (Lipinski definition) is 1. The lowest BCUT2D eigenvalue weighted by molar-refractivity contribution is -0.118. The number of carbonyl (C=O) groups excluding carboxylic acids is 1. The van der Waals surface area contributed by atoms with Gasteiger partial charge in [0.1, 0.15) is 6.61 Å². The zero-order valence-electron chi connectivity index (χ0n) is 11.8. The molecule has 106 valence electrons. The predicted molar refractivity (Wildman–Crippen MR) is 72.6 cm³/mol. The zero-order valence-corrected chi connectivity index (χ0v) is 11.8. The molecule has 0 heterocycles. The van der Waals surface area contributed by atoms with E-state index in [-0.39, 0.29) is 5.91 Å². The van der Waals surface area contributed by atoms with E-state index in [1.54, 1.807) is 6.21 Å². The second-order valence-electron chi connectivity index (χ2n) is 4.35. The summed E-state index contributed by atoms with van der Waals surface area (Å²) < 4.78 is 5.52. The number of unbranched alkanes of at least 4 members (excludes halogenated alkanes) is 1. The number of hydrogen-bond acceptors (Lipinski definition) is 4. The Balaban J connectivity index is 3.14. The van der Waals surface area contributed by atoms with Crippen LogP contribution in [0, 0.1) is 5.92 Å². The van der Waals surface area contributed by atoms with Crippen LogP contribution in [0.25, 0.3) is 0 Å². The summed E-state index contributed by atoms with van der Waals surface area (Å²) in [6.07, 6.45) is 4.61. The van der Waals surface area contributed by atoms with Gasteiger partial charge in [0.25, 0.3) is 0 Å². The Hall–Kier alpha value is -1.10. The summed E-state index contributed by atoms with van der Waals surface area (Å²) in [5, 5.41) is 6.31. The smallest absolute Gasteiger partial charge is 0.217 e. The zero-order chi connectivity index (χ0) is 13.6. The molecule has 0 aliphatic carbocycles. The number of rotatable bonds is 11. The van der Waals surface area contributed by atoms with E-state index in [9.17, 15) is 4.79 Å². The van der Waals surface area contributed by atoms with Crippen LogP contribution in [-0.2, 0) is 14.4 Å². The van der Waals surface area contributed by atoms with Crippen LogP contribution in [0.5, 0.6) is 0 Å². The van der Waals surface area contributed by atoms with Crippen LogP contribution in [0.3, 0.4) is 0 Å². The second-order valence-corrected chi connectivity index (χ2v) is 4.35. The maximum Gasteiger partial charge on any atom is 0.217 e. The Kier molecular flexibility index (Phi) is 11.6. The van der Waals surface area contributed by atoms with Crippen molar-refractivity contribution in [1.29, 1.82) is 0 Å². The highest BCUT2D eigenvalue weighted by Crippen LogP contribution is 2.01. The Labute approximate surface area is 110 Å². The molecule has 0 fully saturated rings. The minimum atomic E-state index is -0.0695. The average Bonchev–Trinajstić information content (AvgIpc) is 2.35. The SMILES string of the molecule is CCC(C)COCCCCON=CCNC(C)=O. The van der Waals surface area contributed by atoms with Gasteiger partial charge in [-0.25, -0.2) is 0 Å². The van der Waals surface area contributed by atoms with Gasteiger partial charge in [-0.15, -0.1) is 0 Å². The van der Waals surface area contributed by atoms with E-state index in [0.29, 0.717) is 19.1 Å². The molecule has 1 N–H and O–H groups in total. The fraction of sp³-hybridized carbons (Fsp3) is 0.846. The Morgan fingerprint density at radius 3 is 2.78 bits per heavy atom. The van der Waals surface area contributed by atoms with Crippen molar-refractivity contribution < 1.29 is 14.4 Å². The first-order chi connectivity index (χ1) is 8.66. The molecular formula is C13H26N2O3. The van der Waals surface area contributed by atoms with Crippen LogP contribution < -0.4 is 5.32 Å². The minimum Gasteiger partial charge on any atom is -0.396 e. The van der Waals surface area contributed by atoms with Crippen molar-refractivity contribution in [3.05, 3.63) is 0 Å². The topological polar surface area (TPSA) is 59.9 Å². The van der Waals surface area contributed by atoms with Crippen molar-refractivity contribution in [2.45, 2.75) is 40.0 Å². The summed E-state index contributed by atoms with van der Waals surface area (Å²) in [5.74, 6) is 0.569. The normalized spacial score (nSPS) is 12.6. The third-order valence-electron chi connectivity index (χ3n) is 2.46. The fourth-order valence-electron chi connectivity index (χ4n) is 1.11. The van der Waals surface area contributed by atoms with Gasteiger partial charge in [0.05, 0.1) is 12.8 Å². The molecule has 0 radical (unpaired) electrons. The van der Waals surface area contributed by atoms with Crippen LogP contribution >= 0.6 is 0 Å². The maximum atomic E-state index is 10.5. The number of amides is 1. The molecule has 5 heteroatoms. The fourth-order valence-corrected chi connectivity index (χ4v) is 1.11. The number of carbonyl (C=O) groups is 1. The molecule has 1 atom stereocenters. The van der Waals surface area contributed by atoms with E-state index in [1.165, 1.54) is 6.92 Å². The Morgan fingerprint density at radius 2 is 2.11 bits per heavy atom. The average molecular weight is 258 g/mol. The predicted octanol–water partition coefficient (Wildman–Crippen LogP) is 1.97. The van der Waals surface area contributed by atoms with Gasteiger partial charge in [-0.05, 0) is 18.8 Å². The van der Waals surface area contributed by atoms with Gasteiger partial charge in [0.2, 0.25) is 5.91 Å². The molecule has 0 saturated carbocycles. The summed E-state index contributed by atoms with van der Waals surface area (Å²) in [5.41, 5.74) is 0. The van der Waals surface area contributed by atoms with Gasteiger partial charge in [-0.3, -0.25) is 4.79 Å². The molecule has 0 aromatic carbocycles. The summed E-state index contributed by atoms with van der Waals surface area (Å²) in [6, 6.07) is 0. The van der Waals surface area contributed by atoms with Gasteiger partial charge in [-0.2, -0.15) is 0 Å². The lowest BCUT2D eigenvalue weighted by Gasteiger charge is -2.08. The molecule has 1 unspecified atom stereocenters. The summed E-state index contributed by atoms with van der Waals surface area (Å²) >= 11 is 0. The van der Waals surface area contributed by atoms with E-state index >= 15 is 0 Å². The second kappa shape index (κ2) is 12.4. The quantitative estimate of drug-likeness (QED) is 0.350. The molecule has 0 spiro atoms. The molecule has 5 nitrogen and oxygen atoms in total. The molecule has 0 aliphatic heterocycles. The highest BCUT2D eigenvalue weighted by molar-refractivity contribution is 5.76. The Bertz CT molecular complexity index is 232. The lowest BCUT2D eigenvalue weighted by atomic mass is 10.1. The van der Waals surface area contributed by atoms with E-state index in [0.717, 1.165) is 32.5 Å². The number of ether oxygens (including phenoxy) is 1. The molecule has 0 aromatic heterocycles. The standard InChI is InChI=1S/C13H26N2O3/c1-4-12(2)11-17-9-5-6-10-18-15-8-7-14-13(3)16/h8,12H,4-7,9-11H2,1-3H3,(H,14,16). The summed E-state index contributed by atoms with van der Waals surface area (Å²) in [7, 11) is 0. The molecule has 0 bridgehead atoms. The lowest BCUT2D eigenvalue weighted by Crippen LogP contribution is -2.21. The van der Waals surface area contributed by atoms with Crippen LogP contribution in [0.4, 0.5) is 0 Å². The van der Waals surface area contributed by atoms with Crippen molar-refractivity contribution in [1.82, 2.24) is 5.32 Å². The first-order valence-electron chi connectivity index (χ1n) is 6.62. The van der Waals surface area contributed by atoms with Crippen molar-refractivity contribution in [3.63, 3.8) is 0 Å². The summed E-state index contributed by atoms with van der Waals surface area (Å²) in [4.78, 5) is 15.5. The van der Waals surface area contributed by atoms with Gasteiger partial charge >= 0.3 is 0 Å². The molecule has 0 rings (SSSR count). The van der Waals surface area contributed by atoms with Gasteiger partial charge < -0.3 is 14.9 Å². The van der Waals surface area contributed by atoms with Crippen molar-refractivity contribution in [2.75, 3.05) is 26.4 Å². The largest absolute Gasteiger partial charge is 0.396 e. The van der Waals surface area contributed by atoms with Crippen LogP contribution in [0.15, 0.2) is 5.16 Å². The van der Waals surface area contributed by atoms with Gasteiger partial charge in [-0.1, -0.05) is 25.4 Å². The molecule has 18 heavy (non-hydrogen) atoms. The van der Waals surface area contributed by atoms with E-state index in [4.69, 9.17) is 9.57 Å². The molecule has 0 aliphatic rings. The first-order valence-corrected chi connectivity index (χ1v) is 6.62. The third-order valence-corrected chi connectivity index (χ3v) is 2.46. The summed E-state index contributed by atoms with van der Waals surface area (Å²) in [6.45, 7) is 8.44. The van der Waals surface area contributed by atoms with E-state index in [2.05, 4.69) is 24.3 Å². The van der Waals surface area contributed by atoms with E-state index in [1.807, 2.05) is 0 Å². The first kappa shape index (κ1) is 16.9. The molecular weight excluding hydrogens is 232 g/mol. The third kappa shape index (κ3) is 13.0. The minimum absolute atomic E-state index is 0.0695. The highest BCUT2D eigenvalue weighted by atomic mass is 16.6. The van der Waals surface area contributed by atoms with E-state index < -0.39 is 0 Å². The monoisotopic (exact) mass is 258 g/mol.